The Morgan fingerprint density at radius 2 is 1.57 bits per heavy atom. The van der Waals surface area contributed by atoms with Crippen LogP contribution < -0.4 is 19.2 Å². The summed E-state index contributed by atoms with van der Waals surface area (Å²) in [5.74, 6) is 0.486. The number of amides is 1. The van der Waals surface area contributed by atoms with Crippen molar-refractivity contribution in [2.45, 2.75) is 31.8 Å². The first-order chi connectivity index (χ1) is 20.3. The topological polar surface area (TPSA) is 97.3 Å². The number of hydrogen-bond donors (Lipinski definition) is 1. The van der Waals surface area contributed by atoms with Crippen LogP contribution in [0.1, 0.15) is 30.5 Å². The molecule has 0 spiro atoms. The molecule has 0 unspecified atom stereocenters. The number of benzene rings is 4. The first-order valence-corrected chi connectivity index (χ1v) is 15.2. The van der Waals surface area contributed by atoms with E-state index in [1.165, 1.54) is 18.3 Å². The summed E-state index contributed by atoms with van der Waals surface area (Å²) in [5.41, 5.74) is 5.48. The molecule has 0 aliphatic heterocycles. The van der Waals surface area contributed by atoms with E-state index in [-0.39, 0.29) is 4.90 Å². The molecule has 218 valence electrons. The second-order valence-electron chi connectivity index (χ2n) is 9.19. The van der Waals surface area contributed by atoms with Crippen LogP contribution in [-0.2, 0) is 27.8 Å². The average molecular weight is 606 g/mol. The Labute approximate surface area is 251 Å². The maximum atomic E-state index is 13.5. The van der Waals surface area contributed by atoms with E-state index in [4.69, 9.17) is 21.1 Å². The number of halogens is 1. The minimum atomic E-state index is -4.01. The molecule has 10 heteroatoms. The fraction of sp³-hybridized carbons (Fsp3) is 0.188. The Bertz CT molecular complexity index is 1610. The highest BCUT2D eigenvalue weighted by Gasteiger charge is 2.27. The van der Waals surface area contributed by atoms with Gasteiger partial charge in [0.05, 0.1) is 23.4 Å². The SMILES string of the molecule is CCOc1cc(/C=N\NC(=O)CN(c2ccc(CC)cc2)S(=O)(=O)c2ccccc2)ccc1OCc1ccc(Cl)cc1. The molecule has 0 aliphatic carbocycles. The van der Waals surface area contributed by atoms with Crippen LogP contribution in [0.4, 0.5) is 5.69 Å². The van der Waals surface area contributed by atoms with Crippen molar-refractivity contribution in [3.05, 3.63) is 119 Å². The molecule has 0 aliphatic rings. The highest BCUT2D eigenvalue weighted by Crippen LogP contribution is 2.29. The van der Waals surface area contributed by atoms with Crippen LogP contribution in [0.15, 0.2) is 107 Å². The zero-order valence-electron chi connectivity index (χ0n) is 23.4. The van der Waals surface area contributed by atoms with Gasteiger partial charge in [-0.1, -0.05) is 61.0 Å². The lowest BCUT2D eigenvalue weighted by Gasteiger charge is -2.24. The van der Waals surface area contributed by atoms with Crippen molar-refractivity contribution in [3.63, 3.8) is 0 Å². The van der Waals surface area contributed by atoms with Gasteiger partial charge < -0.3 is 9.47 Å². The maximum absolute atomic E-state index is 13.5. The smallest absolute Gasteiger partial charge is 0.264 e. The summed E-state index contributed by atoms with van der Waals surface area (Å²) in [7, 11) is -4.01. The molecular formula is C32H32ClN3O5S. The van der Waals surface area contributed by atoms with Crippen LogP contribution in [-0.4, -0.2) is 33.7 Å². The molecule has 0 radical (unpaired) electrons. The Hall–Kier alpha value is -4.34. The largest absolute Gasteiger partial charge is 0.490 e. The molecule has 0 aromatic heterocycles. The lowest BCUT2D eigenvalue weighted by atomic mass is 10.1. The van der Waals surface area contributed by atoms with Crippen LogP contribution in [0.3, 0.4) is 0 Å². The highest BCUT2D eigenvalue weighted by atomic mass is 35.5. The molecule has 0 heterocycles. The fourth-order valence-corrected chi connectivity index (χ4v) is 5.58. The minimum Gasteiger partial charge on any atom is -0.490 e. The summed E-state index contributed by atoms with van der Waals surface area (Å²) >= 11 is 5.95. The van der Waals surface area contributed by atoms with Crippen LogP contribution in [0.2, 0.25) is 5.02 Å². The second kappa shape index (κ2) is 14.5. The Morgan fingerprint density at radius 3 is 2.24 bits per heavy atom. The van der Waals surface area contributed by atoms with Crippen LogP contribution in [0.25, 0.3) is 0 Å². The molecule has 4 rings (SSSR count). The van der Waals surface area contributed by atoms with Crippen LogP contribution in [0.5, 0.6) is 11.5 Å². The van der Waals surface area contributed by atoms with Crippen molar-refractivity contribution >= 4 is 39.4 Å². The van der Waals surface area contributed by atoms with Crippen molar-refractivity contribution in [3.8, 4) is 11.5 Å². The molecule has 0 saturated carbocycles. The second-order valence-corrected chi connectivity index (χ2v) is 11.5. The average Bonchev–Trinajstić information content (AvgIpc) is 3.01. The maximum Gasteiger partial charge on any atom is 0.264 e. The third-order valence-corrected chi connectivity index (χ3v) is 8.27. The van der Waals surface area contributed by atoms with Gasteiger partial charge in [-0.15, -0.1) is 0 Å². The zero-order valence-corrected chi connectivity index (χ0v) is 24.9. The number of nitrogens with zero attached hydrogens (tertiary/aromatic N) is 2. The molecule has 42 heavy (non-hydrogen) atoms. The predicted octanol–water partition coefficient (Wildman–Crippen LogP) is 6.23. The van der Waals surface area contributed by atoms with E-state index in [1.54, 1.807) is 60.7 Å². The van der Waals surface area contributed by atoms with Crippen molar-refractivity contribution in [1.82, 2.24) is 5.43 Å². The first-order valence-electron chi connectivity index (χ1n) is 13.4. The van der Waals surface area contributed by atoms with E-state index in [0.29, 0.717) is 41.0 Å². The molecule has 1 amide bonds. The van der Waals surface area contributed by atoms with E-state index in [2.05, 4.69) is 10.5 Å². The van der Waals surface area contributed by atoms with E-state index in [0.717, 1.165) is 21.9 Å². The van der Waals surface area contributed by atoms with Gasteiger partial charge in [-0.25, -0.2) is 13.8 Å². The number of aryl methyl sites for hydroxylation is 1. The number of rotatable bonds is 13. The molecule has 4 aromatic rings. The van der Waals surface area contributed by atoms with E-state index >= 15 is 0 Å². The summed E-state index contributed by atoms with van der Waals surface area (Å²) in [6.45, 7) is 4.19. The minimum absolute atomic E-state index is 0.0858. The van der Waals surface area contributed by atoms with Gasteiger partial charge in [-0.05, 0) is 84.6 Å². The lowest BCUT2D eigenvalue weighted by molar-refractivity contribution is -0.119. The number of hydrogen-bond acceptors (Lipinski definition) is 6. The molecule has 0 atom stereocenters. The molecule has 8 nitrogen and oxygen atoms in total. The van der Waals surface area contributed by atoms with Gasteiger partial charge >= 0.3 is 0 Å². The molecular weight excluding hydrogens is 574 g/mol. The number of sulfonamides is 1. The normalized spacial score (nSPS) is 11.3. The number of anilines is 1. The summed E-state index contributed by atoms with van der Waals surface area (Å²) in [6, 6.07) is 27.8. The Kier molecular flexibility index (Phi) is 10.6. The van der Waals surface area contributed by atoms with E-state index in [9.17, 15) is 13.2 Å². The monoisotopic (exact) mass is 605 g/mol. The Balaban J connectivity index is 1.46. The van der Waals surface area contributed by atoms with Gasteiger partial charge in [-0.3, -0.25) is 9.10 Å². The lowest BCUT2D eigenvalue weighted by Crippen LogP contribution is -2.39. The zero-order chi connectivity index (χ0) is 30.0. The molecule has 0 saturated heterocycles. The van der Waals surface area contributed by atoms with Gasteiger partial charge in [0.2, 0.25) is 0 Å². The summed E-state index contributed by atoms with van der Waals surface area (Å²) in [5, 5.41) is 4.70. The summed E-state index contributed by atoms with van der Waals surface area (Å²) in [6.07, 6.45) is 2.26. The predicted molar refractivity (Wildman–Crippen MR) is 166 cm³/mol. The molecule has 0 bridgehead atoms. The van der Waals surface area contributed by atoms with Gasteiger partial charge in [0.1, 0.15) is 13.2 Å². The van der Waals surface area contributed by atoms with Gasteiger partial charge in [0.15, 0.2) is 11.5 Å². The first kappa shape index (κ1) is 30.6. The standard InChI is InChI=1S/C32H32ClN3O5S/c1-3-24-12-17-28(18-13-24)36(42(38,39)29-8-6-5-7-9-29)22-32(37)35-34-21-26-14-19-30(31(20-26)40-4-2)41-23-25-10-15-27(33)16-11-25/h5-21H,3-4,22-23H2,1-2H3,(H,35,37)/b34-21-. The number of ether oxygens (including phenoxy) is 2. The van der Waals surface area contributed by atoms with Gasteiger partial charge in [-0.2, -0.15) is 5.10 Å². The highest BCUT2D eigenvalue weighted by molar-refractivity contribution is 7.92. The number of carbonyl (C=O) groups is 1. The van der Waals surface area contributed by atoms with Crippen molar-refractivity contribution in [2.24, 2.45) is 5.10 Å². The van der Waals surface area contributed by atoms with Crippen LogP contribution in [0, 0.1) is 0 Å². The van der Waals surface area contributed by atoms with E-state index < -0.39 is 22.5 Å². The number of carbonyl (C=O) groups excluding carboxylic acids is 1. The quantitative estimate of drug-likeness (QED) is 0.144. The summed E-state index contributed by atoms with van der Waals surface area (Å²) < 4.78 is 39.7. The van der Waals surface area contributed by atoms with Crippen molar-refractivity contribution in [1.29, 1.82) is 0 Å². The molecule has 1 N–H and O–H groups in total. The van der Waals surface area contributed by atoms with Crippen molar-refractivity contribution < 1.29 is 22.7 Å². The number of nitrogens with one attached hydrogen (secondary N) is 1. The molecule has 0 fully saturated rings. The summed E-state index contributed by atoms with van der Waals surface area (Å²) in [4.78, 5) is 13.0. The fourth-order valence-electron chi connectivity index (χ4n) is 4.01. The van der Waals surface area contributed by atoms with Crippen molar-refractivity contribution in [2.75, 3.05) is 17.5 Å². The van der Waals surface area contributed by atoms with E-state index in [1.807, 2.05) is 38.1 Å². The van der Waals surface area contributed by atoms with Gasteiger partial charge in [0, 0.05) is 5.02 Å². The third kappa shape index (κ3) is 8.11. The third-order valence-electron chi connectivity index (χ3n) is 6.23. The Morgan fingerprint density at radius 1 is 0.881 bits per heavy atom. The molecule has 4 aromatic carbocycles. The number of hydrazone groups is 1. The van der Waals surface area contributed by atoms with Gasteiger partial charge in [0.25, 0.3) is 15.9 Å². The van der Waals surface area contributed by atoms with Crippen LogP contribution >= 0.6 is 11.6 Å².